The van der Waals surface area contributed by atoms with Crippen LogP contribution >= 0.6 is 15.9 Å². The van der Waals surface area contributed by atoms with Gasteiger partial charge in [-0.15, -0.1) is 0 Å². The molecule has 18 heavy (non-hydrogen) atoms. The van der Waals surface area contributed by atoms with Gasteiger partial charge >= 0.3 is 0 Å². The van der Waals surface area contributed by atoms with Gasteiger partial charge in [-0.25, -0.2) is 0 Å². The summed E-state index contributed by atoms with van der Waals surface area (Å²) >= 11 is 3.39. The molecule has 0 amide bonds. The number of aryl methyl sites for hydroxylation is 1. The van der Waals surface area contributed by atoms with Crippen molar-refractivity contribution in [1.82, 2.24) is 0 Å². The fourth-order valence-electron chi connectivity index (χ4n) is 1.52. The third kappa shape index (κ3) is 3.70. The fourth-order valence-corrected chi connectivity index (χ4v) is 1.92. The van der Waals surface area contributed by atoms with E-state index in [0.717, 1.165) is 15.6 Å². The van der Waals surface area contributed by atoms with Crippen molar-refractivity contribution in [2.24, 2.45) is 5.16 Å². The highest BCUT2D eigenvalue weighted by Gasteiger charge is 1.96. The van der Waals surface area contributed by atoms with Crippen LogP contribution in [0.1, 0.15) is 16.7 Å². The lowest BCUT2D eigenvalue weighted by Crippen LogP contribution is -1.91. The highest BCUT2D eigenvalue weighted by molar-refractivity contribution is 9.10. The summed E-state index contributed by atoms with van der Waals surface area (Å²) in [6.45, 7) is 2.52. The first-order valence-corrected chi connectivity index (χ1v) is 6.43. The molecule has 0 unspecified atom stereocenters. The minimum atomic E-state index is 0.466. The van der Waals surface area contributed by atoms with Gasteiger partial charge in [-0.05, 0) is 30.2 Å². The maximum Gasteiger partial charge on any atom is 0.142 e. The molecule has 2 nitrogen and oxygen atoms in total. The van der Waals surface area contributed by atoms with E-state index in [-0.39, 0.29) is 0 Å². The molecule has 0 aliphatic heterocycles. The summed E-state index contributed by atoms with van der Waals surface area (Å²) < 4.78 is 1.00. The lowest BCUT2D eigenvalue weighted by atomic mass is 10.1. The second kappa shape index (κ2) is 6.36. The second-order valence-electron chi connectivity index (χ2n) is 3.91. The molecule has 0 aliphatic rings. The monoisotopic (exact) mass is 302 g/mol. The van der Waals surface area contributed by atoms with E-state index in [0.29, 0.717) is 6.61 Å². The van der Waals surface area contributed by atoms with Crippen molar-refractivity contribution in [1.29, 1.82) is 0 Å². The Kier molecular flexibility index (Phi) is 4.53. The van der Waals surface area contributed by atoms with Crippen LogP contribution in [0.2, 0.25) is 0 Å². The predicted molar refractivity (Wildman–Crippen MR) is 76.6 cm³/mol. The van der Waals surface area contributed by atoms with Gasteiger partial charge in [0.05, 0.1) is 0 Å². The molecule has 2 rings (SSSR count). The Morgan fingerprint density at radius 3 is 2.78 bits per heavy atom. The molecular formula is C15H13BrNO. The number of hydrogen-bond donors (Lipinski definition) is 0. The molecule has 0 fully saturated rings. The van der Waals surface area contributed by atoms with E-state index in [1.807, 2.05) is 42.5 Å². The minimum Gasteiger partial charge on any atom is -0.390 e. The molecule has 3 heteroatoms. The molecule has 0 saturated heterocycles. The first kappa shape index (κ1) is 12.8. The molecule has 0 spiro atoms. The van der Waals surface area contributed by atoms with Crippen molar-refractivity contribution in [3.8, 4) is 0 Å². The van der Waals surface area contributed by atoms with Crippen LogP contribution in [-0.2, 0) is 11.4 Å². The lowest BCUT2D eigenvalue weighted by molar-refractivity contribution is 0.131. The van der Waals surface area contributed by atoms with Crippen molar-refractivity contribution in [3.05, 3.63) is 69.7 Å². The molecule has 91 valence electrons. The Morgan fingerprint density at radius 1 is 1.17 bits per heavy atom. The Hall–Kier alpha value is -1.61. The summed E-state index contributed by atoms with van der Waals surface area (Å²) in [5.41, 5.74) is 3.22. The molecule has 2 aromatic rings. The van der Waals surface area contributed by atoms with Crippen LogP contribution in [0.15, 0.2) is 58.2 Å². The van der Waals surface area contributed by atoms with Gasteiger partial charge in [0.2, 0.25) is 0 Å². The number of nitrogens with zero attached hydrogens (tertiary/aromatic N) is 1. The van der Waals surface area contributed by atoms with Crippen LogP contribution in [0.25, 0.3) is 0 Å². The molecule has 0 aromatic heterocycles. The summed E-state index contributed by atoms with van der Waals surface area (Å²) in [5.74, 6) is 0. The lowest BCUT2D eigenvalue weighted by Gasteiger charge is -2.02. The van der Waals surface area contributed by atoms with Gasteiger partial charge in [0.15, 0.2) is 0 Å². The van der Waals surface area contributed by atoms with E-state index in [2.05, 4.69) is 40.3 Å². The maximum atomic E-state index is 5.24. The Morgan fingerprint density at radius 2 is 2.00 bits per heavy atom. The smallest absolute Gasteiger partial charge is 0.142 e. The number of benzene rings is 2. The number of halogens is 1. The van der Waals surface area contributed by atoms with Gasteiger partial charge in [-0.3, -0.25) is 0 Å². The predicted octanol–water partition coefficient (Wildman–Crippen LogP) is 4.19. The average molecular weight is 303 g/mol. The molecule has 0 heterocycles. The summed E-state index contributed by atoms with van der Waals surface area (Å²) in [7, 11) is 0. The molecule has 0 aliphatic carbocycles. The Bertz CT molecular complexity index is 552. The van der Waals surface area contributed by atoms with Crippen LogP contribution in [0, 0.1) is 6.92 Å². The first-order chi connectivity index (χ1) is 8.75. The van der Waals surface area contributed by atoms with Crippen molar-refractivity contribution in [2.45, 2.75) is 13.5 Å². The third-order valence-corrected chi connectivity index (χ3v) is 3.04. The largest absolute Gasteiger partial charge is 0.390 e. The average Bonchev–Trinajstić information content (AvgIpc) is 2.37. The SMILES string of the molecule is Cc1ccccc1CO/N=[C]\c1cccc(Br)c1. The van der Waals surface area contributed by atoms with Gasteiger partial charge in [-0.2, -0.15) is 0 Å². The van der Waals surface area contributed by atoms with Crippen LogP contribution in [0.5, 0.6) is 0 Å². The number of hydrogen-bond acceptors (Lipinski definition) is 2. The Labute approximate surface area is 115 Å². The highest BCUT2D eigenvalue weighted by Crippen LogP contribution is 2.11. The third-order valence-electron chi connectivity index (χ3n) is 2.55. The number of rotatable bonds is 4. The van der Waals surface area contributed by atoms with Crippen LogP contribution in [-0.4, -0.2) is 6.21 Å². The maximum absolute atomic E-state index is 5.24. The Balaban J connectivity index is 1.91. The van der Waals surface area contributed by atoms with Crippen molar-refractivity contribution in [2.75, 3.05) is 0 Å². The van der Waals surface area contributed by atoms with Crippen LogP contribution in [0.3, 0.4) is 0 Å². The zero-order valence-corrected chi connectivity index (χ0v) is 11.6. The summed E-state index contributed by atoms with van der Waals surface area (Å²) in [4.78, 5) is 5.24. The summed E-state index contributed by atoms with van der Waals surface area (Å²) in [6.07, 6.45) is 2.85. The summed E-state index contributed by atoms with van der Waals surface area (Å²) in [6, 6.07) is 15.8. The van der Waals surface area contributed by atoms with Crippen molar-refractivity contribution < 1.29 is 4.84 Å². The molecule has 0 bridgehead atoms. The van der Waals surface area contributed by atoms with E-state index in [4.69, 9.17) is 4.84 Å². The van der Waals surface area contributed by atoms with Crippen molar-refractivity contribution >= 4 is 22.1 Å². The topological polar surface area (TPSA) is 21.6 Å². The standard InChI is InChI=1S/C15H13BrNO/c1-12-5-2-3-7-14(12)11-18-17-10-13-6-4-8-15(16)9-13/h2-9H,11H2,1H3. The van der Waals surface area contributed by atoms with Gasteiger partial charge < -0.3 is 4.84 Å². The van der Waals surface area contributed by atoms with Gasteiger partial charge in [0.25, 0.3) is 0 Å². The first-order valence-electron chi connectivity index (χ1n) is 5.64. The van der Waals surface area contributed by atoms with E-state index in [1.54, 1.807) is 0 Å². The van der Waals surface area contributed by atoms with E-state index < -0.39 is 0 Å². The zero-order chi connectivity index (χ0) is 12.8. The molecule has 0 N–H and O–H groups in total. The molecule has 0 saturated carbocycles. The van der Waals surface area contributed by atoms with E-state index in [1.165, 1.54) is 5.56 Å². The van der Waals surface area contributed by atoms with Crippen LogP contribution in [0.4, 0.5) is 0 Å². The fraction of sp³-hybridized carbons (Fsp3) is 0.133. The molecule has 1 radical (unpaired) electrons. The zero-order valence-electron chi connectivity index (χ0n) is 10.1. The van der Waals surface area contributed by atoms with Gasteiger partial charge in [-0.1, -0.05) is 57.5 Å². The minimum absolute atomic E-state index is 0.466. The highest BCUT2D eigenvalue weighted by atomic mass is 79.9. The second-order valence-corrected chi connectivity index (χ2v) is 4.83. The summed E-state index contributed by atoms with van der Waals surface area (Å²) in [5, 5.41) is 3.85. The molecular weight excluding hydrogens is 290 g/mol. The van der Waals surface area contributed by atoms with E-state index in [9.17, 15) is 0 Å². The van der Waals surface area contributed by atoms with Crippen LogP contribution < -0.4 is 0 Å². The van der Waals surface area contributed by atoms with E-state index >= 15 is 0 Å². The quantitative estimate of drug-likeness (QED) is 0.613. The van der Waals surface area contributed by atoms with Gasteiger partial charge in [0.1, 0.15) is 12.8 Å². The normalized spacial score (nSPS) is 10.8. The van der Waals surface area contributed by atoms with Gasteiger partial charge in [0, 0.05) is 10.0 Å². The van der Waals surface area contributed by atoms with Crippen molar-refractivity contribution in [3.63, 3.8) is 0 Å². The molecule has 2 aromatic carbocycles. The molecule has 0 atom stereocenters.